The molecule has 1 saturated heterocycles. The summed E-state index contributed by atoms with van der Waals surface area (Å²) in [6.45, 7) is 1.30. The van der Waals surface area contributed by atoms with Crippen LogP contribution in [0.2, 0.25) is 5.02 Å². The van der Waals surface area contributed by atoms with Crippen LogP contribution in [0.4, 0.5) is 0 Å². The van der Waals surface area contributed by atoms with Crippen LogP contribution in [0.3, 0.4) is 0 Å². The Bertz CT molecular complexity index is 451. The van der Waals surface area contributed by atoms with E-state index in [9.17, 15) is 4.79 Å². The Labute approximate surface area is 112 Å². The van der Waals surface area contributed by atoms with Crippen molar-refractivity contribution in [1.29, 1.82) is 0 Å². The molecular formula is C13H17ClN2O2. The minimum absolute atomic E-state index is 0.0289. The van der Waals surface area contributed by atoms with Gasteiger partial charge in [-0.3, -0.25) is 4.79 Å². The molecule has 1 unspecified atom stereocenters. The predicted molar refractivity (Wildman–Crippen MR) is 70.9 cm³/mol. The van der Waals surface area contributed by atoms with E-state index in [4.69, 9.17) is 22.1 Å². The van der Waals surface area contributed by atoms with E-state index >= 15 is 0 Å². The average molecular weight is 269 g/mol. The zero-order chi connectivity index (χ0) is 13.1. The number of nitrogens with zero attached hydrogens (tertiary/aromatic N) is 1. The van der Waals surface area contributed by atoms with Gasteiger partial charge in [0.15, 0.2) is 0 Å². The number of hydrogen-bond acceptors (Lipinski definition) is 3. The molecule has 2 rings (SSSR count). The van der Waals surface area contributed by atoms with Crippen LogP contribution in [0, 0.1) is 0 Å². The van der Waals surface area contributed by atoms with E-state index in [1.807, 2.05) is 12.1 Å². The third-order valence-electron chi connectivity index (χ3n) is 3.14. The minimum atomic E-state index is -0.0289. The predicted octanol–water partition coefficient (Wildman–Crippen LogP) is 1.45. The highest BCUT2D eigenvalue weighted by Gasteiger charge is 2.26. The van der Waals surface area contributed by atoms with Gasteiger partial charge < -0.3 is 15.4 Å². The lowest BCUT2D eigenvalue weighted by Gasteiger charge is -2.17. The summed E-state index contributed by atoms with van der Waals surface area (Å²) >= 11 is 5.96. The van der Waals surface area contributed by atoms with Gasteiger partial charge in [-0.15, -0.1) is 0 Å². The number of amides is 1. The van der Waals surface area contributed by atoms with Gasteiger partial charge in [-0.1, -0.05) is 11.6 Å². The first kappa shape index (κ1) is 13.2. The molecule has 98 valence electrons. The van der Waals surface area contributed by atoms with E-state index in [1.54, 1.807) is 18.1 Å². The maximum absolute atomic E-state index is 11.6. The largest absolute Gasteiger partial charge is 0.496 e. The maximum atomic E-state index is 11.6. The van der Waals surface area contributed by atoms with Crippen molar-refractivity contribution in [2.24, 2.45) is 5.73 Å². The summed E-state index contributed by atoms with van der Waals surface area (Å²) in [7, 11) is 1.63. The van der Waals surface area contributed by atoms with Crippen LogP contribution in [0.5, 0.6) is 5.75 Å². The van der Waals surface area contributed by atoms with E-state index in [0.29, 0.717) is 24.5 Å². The van der Waals surface area contributed by atoms with Crippen molar-refractivity contribution in [3.8, 4) is 5.75 Å². The third kappa shape index (κ3) is 2.94. The highest BCUT2D eigenvalue weighted by molar-refractivity contribution is 6.30. The topological polar surface area (TPSA) is 55.6 Å². The molecule has 0 aromatic heterocycles. The Morgan fingerprint density at radius 2 is 2.33 bits per heavy atom. The van der Waals surface area contributed by atoms with Gasteiger partial charge in [-0.2, -0.15) is 0 Å². The number of carbonyl (C=O) groups excluding carboxylic acids is 1. The Kier molecular flexibility index (Phi) is 4.09. The molecule has 2 N–H and O–H groups in total. The van der Waals surface area contributed by atoms with E-state index in [0.717, 1.165) is 17.7 Å². The van der Waals surface area contributed by atoms with Gasteiger partial charge in [-0.25, -0.2) is 0 Å². The molecule has 0 saturated carbocycles. The molecule has 0 bridgehead atoms. The molecule has 5 heteroatoms. The van der Waals surface area contributed by atoms with Gasteiger partial charge in [0.2, 0.25) is 5.91 Å². The van der Waals surface area contributed by atoms with E-state index in [2.05, 4.69) is 0 Å². The number of hydrogen-bond donors (Lipinski definition) is 1. The molecule has 1 aliphatic heterocycles. The normalized spacial score (nSPS) is 19.4. The number of methoxy groups -OCH3 is 1. The average Bonchev–Trinajstić information content (AvgIpc) is 2.65. The lowest BCUT2D eigenvalue weighted by molar-refractivity contribution is -0.127. The molecule has 1 aliphatic rings. The number of carbonyl (C=O) groups is 1. The van der Waals surface area contributed by atoms with Crippen LogP contribution >= 0.6 is 11.6 Å². The number of benzene rings is 1. The van der Waals surface area contributed by atoms with Gasteiger partial charge in [0, 0.05) is 30.6 Å². The molecule has 18 heavy (non-hydrogen) atoms. The summed E-state index contributed by atoms with van der Waals surface area (Å²) in [5.41, 5.74) is 6.77. The second-order valence-corrected chi connectivity index (χ2v) is 4.95. The second kappa shape index (κ2) is 5.59. The quantitative estimate of drug-likeness (QED) is 0.899. The summed E-state index contributed by atoms with van der Waals surface area (Å²) < 4.78 is 5.28. The highest BCUT2D eigenvalue weighted by atomic mass is 35.5. The molecule has 1 heterocycles. The van der Waals surface area contributed by atoms with Gasteiger partial charge >= 0.3 is 0 Å². The zero-order valence-corrected chi connectivity index (χ0v) is 11.1. The molecular weight excluding hydrogens is 252 g/mol. The maximum Gasteiger partial charge on any atom is 0.224 e. The lowest BCUT2D eigenvalue weighted by Crippen LogP contribution is -2.30. The molecule has 1 fully saturated rings. The van der Waals surface area contributed by atoms with Crippen molar-refractivity contribution in [1.82, 2.24) is 4.90 Å². The van der Waals surface area contributed by atoms with Crippen LogP contribution in [0.1, 0.15) is 12.0 Å². The minimum Gasteiger partial charge on any atom is -0.496 e. The second-order valence-electron chi connectivity index (χ2n) is 4.51. The van der Waals surface area contributed by atoms with Crippen molar-refractivity contribution in [3.05, 3.63) is 28.8 Å². The fourth-order valence-electron chi connectivity index (χ4n) is 2.22. The number of ether oxygens (including phenoxy) is 1. The first-order valence-corrected chi connectivity index (χ1v) is 6.33. The molecule has 0 aliphatic carbocycles. The molecule has 1 aromatic rings. The molecule has 1 atom stereocenters. The molecule has 4 nitrogen and oxygen atoms in total. The lowest BCUT2D eigenvalue weighted by atomic mass is 10.1. The van der Waals surface area contributed by atoms with E-state index in [1.165, 1.54) is 0 Å². The van der Waals surface area contributed by atoms with E-state index in [-0.39, 0.29) is 11.9 Å². The molecule has 0 radical (unpaired) electrons. The van der Waals surface area contributed by atoms with Crippen molar-refractivity contribution in [2.75, 3.05) is 20.2 Å². The highest BCUT2D eigenvalue weighted by Crippen LogP contribution is 2.23. The Morgan fingerprint density at radius 1 is 1.56 bits per heavy atom. The van der Waals surface area contributed by atoms with Gasteiger partial charge in [0.25, 0.3) is 0 Å². The van der Waals surface area contributed by atoms with Crippen LogP contribution in [0.25, 0.3) is 0 Å². The van der Waals surface area contributed by atoms with Crippen LogP contribution in [-0.4, -0.2) is 37.0 Å². The van der Waals surface area contributed by atoms with Crippen LogP contribution in [0.15, 0.2) is 18.2 Å². The summed E-state index contributed by atoms with van der Waals surface area (Å²) in [4.78, 5) is 13.4. The van der Waals surface area contributed by atoms with Crippen LogP contribution < -0.4 is 10.5 Å². The summed E-state index contributed by atoms with van der Waals surface area (Å²) in [5.74, 6) is 0.929. The zero-order valence-electron chi connectivity index (χ0n) is 10.4. The standard InChI is InChI=1S/C13H17ClN2O2/c1-18-12-3-2-10(14)6-9(12)4-5-16-8-11(15)7-13(16)17/h2-3,6,11H,4-5,7-8,15H2,1H3. The SMILES string of the molecule is COc1ccc(Cl)cc1CCN1CC(N)CC1=O. The van der Waals surface area contributed by atoms with Gasteiger partial charge in [-0.05, 0) is 30.2 Å². The van der Waals surface area contributed by atoms with Gasteiger partial charge in [0.05, 0.1) is 7.11 Å². The Hall–Kier alpha value is -1.26. The Balaban J connectivity index is 2.01. The van der Waals surface area contributed by atoms with Crippen LogP contribution in [-0.2, 0) is 11.2 Å². The van der Waals surface area contributed by atoms with Crippen molar-refractivity contribution in [3.63, 3.8) is 0 Å². The first-order valence-electron chi connectivity index (χ1n) is 5.96. The summed E-state index contributed by atoms with van der Waals surface area (Å²) in [6.07, 6.45) is 1.18. The monoisotopic (exact) mass is 268 g/mol. The number of nitrogens with two attached hydrogens (primary N) is 1. The van der Waals surface area contributed by atoms with E-state index < -0.39 is 0 Å². The fraction of sp³-hybridized carbons (Fsp3) is 0.462. The molecule has 1 amide bonds. The third-order valence-corrected chi connectivity index (χ3v) is 3.37. The summed E-state index contributed by atoms with van der Waals surface area (Å²) in [6, 6.07) is 5.48. The van der Waals surface area contributed by atoms with Gasteiger partial charge in [0.1, 0.15) is 5.75 Å². The first-order chi connectivity index (χ1) is 8.60. The van der Waals surface area contributed by atoms with Crippen molar-refractivity contribution < 1.29 is 9.53 Å². The number of halogens is 1. The number of likely N-dealkylation sites (tertiary alicyclic amines) is 1. The summed E-state index contributed by atoms with van der Waals surface area (Å²) in [5, 5.41) is 0.676. The Morgan fingerprint density at radius 3 is 2.94 bits per heavy atom. The molecule has 1 aromatic carbocycles. The van der Waals surface area contributed by atoms with Crippen molar-refractivity contribution >= 4 is 17.5 Å². The smallest absolute Gasteiger partial charge is 0.224 e. The fourth-order valence-corrected chi connectivity index (χ4v) is 2.41. The number of rotatable bonds is 4. The molecule has 0 spiro atoms. The van der Waals surface area contributed by atoms with Crippen molar-refractivity contribution in [2.45, 2.75) is 18.9 Å².